The first-order valence-electron chi connectivity index (χ1n) is 7.06. The Morgan fingerprint density at radius 1 is 1.00 bits per heavy atom. The summed E-state index contributed by atoms with van der Waals surface area (Å²) in [5.41, 5.74) is 2.14. The fourth-order valence-corrected chi connectivity index (χ4v) is 2.79. The van der Waals surface area contributed by atoms with Crippen molar-refractivity contribution in [1.29, 1.82) is 0 Å². The molecule has 1 atom stereocenters. The normalized spacial score (nSPS) is 12.5. The van der Waals surface area contributed by atoms with Crippen LogP contribution in [-0.2, 0) is 0 Å². The summed E-state index contributed by atoms with van der Waals surface area (Å²) >= 11 is 3.45. The van der Waals surface area contributed by atoms with Crippen LogP contribution in [0.3, 0.4) is 0 Å². The number of hydrogen-bond acceptors (Lipinski definition) is 3. The molecular formula is C16H17BrN5+. The predicted molar refractivity (Wildman–Crippen MR) is 87.9 cm³/mol. The smallest absolute Gasteiger partial charge is 0.218 e. The second kappa shape index (κ2) is 6.37. The SMILES string of the molecule is C[NH+](C)[C@H](c1ccccc1)c1nnnn1-c1ccc(Br)cc1. The first-order chi connectivity index (χ1) is 10.7. The number of nitrogens with zero attached hydrogens (tertiary/aromatic N) is 4. The van der Waals surface area contributed by atoms with E-state index in [4.69, 9.17) is 0 Å². The van der Waals surface area contributed by atoms with Crippen molar-refractivity contribution in [2.75, 3.05) is 14.1 Å². The lowest BCUT2D eigenvalue weighted by atomic mass is 10.1. The summed E-state index contributed by atoms with van der Waals surface area (Å²) in [5.74, 6) is 0.827. The Hall–Kier alpha value is -2.05. The molecule has 1 aromatic heterocycles. The van der Waals surface area contributed by atoms with Crippen molar-refractivity contribution >= 4 is 15.9 Å². The Morgan fingerprint density at radius 2 is 1.68 bits per heavy atom. The van der Waals surface area contributed by atoms with Crippen LogP contribution >= 0.6 is 15.9 Å². The first kappa shape index (κ1) is 14.9. The highest BCUT2D eigenvalue weighted by molar-refractivity contribution is 9.10. The predicted octanol–water partition coefficient (Wildman–Crippen LogP) is 1.66. The van der Waals surface area contributed by atoms with Crippen molar-refractivity contribution in [3.63, 3.8) is 0 Å². The number of rotatable bonds is 4. The maximum Gasteiger partial charge on any atom is 0.218 e. The van der Waals surface area contributed by atoms with E-state index in [0.717, 1.165) is 16.0 Å². The van der Waals surface area contributed by atoms with Gasteiger partial charge in [-0.15, -0.1) is 5.10 Å². The highest BCUT2D eigenvalue weighted by atomic mass is 79.9. The molecule has 3 aromatic rings. The zero-order valence-corrected chi connectivity index (χ0v) is 14.0. The third-order valence-corrected chi connectivity index (χ3v) is 4.06. The van der Waals surface area contributed by atoms with Crippen molar-refractivity contribution in [1.82, 2.24) is 20.2 Å². The van der Waals surface area contributed by atoms with Crippen molar-refractivity contribution in [2.24, 2.45) is 0 Å². The summed E-state index contributed by atoms with van der Waals surface area (Å²) in [6.45, 7) is 0. The Balaban J connectivity index is 2.07. The molecule has 0 spiro atoms. The monoisotopic (exact) mass is 358 g/mol. The molecule has 1 heterocycles. The van der Waals surface area contributed by atoms with Gasteiger partial charge >= 0.3 is 0 Å². The van der Waals surface area contributed by atoms with Gasteiger partial charge in [-0.25, -0.2) is 0 Å². The maximum atomic E-state index is 4.28. The summed E-state index contributed by atoms with van der Waals surface area (Å²) in [7, 11) is 4.22. The standard InChI is InChI=1S/C16H16BrN5/c1-21(2)15(12-6-4-3-5-7-12)16-18-19-20-22(16)14-10-8-13(17)9-11-14/h3-11,15H,1-2H3/p+1/t15-/m1/s1. The minimum absolute atomic E-state index is 0.0693. The molecular weight excluding hydrogens is 342 g/mol. The van der Waals surface area contributed by atoms with E-state index in [2.05, 4.69) is 57.7 Å². The van der Waals surface area contributed by atoms with Crippen molar-refractivity contribution < 1.29 is 4.90 Å². The minimum Gasteiger partial charge on any atom is -0.327 e. The van der Waals surface area contributed by atoms with E-state index in [0.29, 0.717) is 0 Å². The molecule has 0 aliphatic rings. The van der Waals surface area contributed by atoms with Gasteiger partial charge in [0.1, 0.15) is 0 Å². The highest BCUT2D eigenvalue weighted by Crippen LogP contribution is 2.20. The van der Waals surface area contributed by atoms with Gasteiger partial charge in [-0.3, -0.25) is 0 Å². The number of halogens is 1. The van der Waals surface area contributed by atoms with Crippen LogP contribution in [0.15, 0.2) is 59.1 Å². The molecule has 112 valence electrons. The number of nitrogens with one attached hydrogen (secondary N) is 1. The fraction of sp³-hybridized carbons (Fsp3) is 0.188. The number of benzene rings is 2. The van der Waals surface area contributed by atoms with E-state index in [1.165, 1.54) is 10.5 Å². The van der Waals surface area contributed by atoms with Gasteiger partial charge in [0, 0.05) is 10.0 Å². The van der Waals surface area contributed by atoms with Gasteiger partial charge in [0.15, 0.2) is 6.04 Å². The maximum absolute atomic E-state index is 4.28. The Bertz CT molecular complexity index is 737. The van der Waals surface area contributed by atoms with Gasteiger partial charge in [-0.1, -0.05) is 46.3 Å². The Kier molecular flexibility index (Phi) is 4.31. The molecule has 6 heteroatoms. The van der Waals surface area contributed by atoms with Crippen LogP contribution in [0.2, 0.25) is 0 Å². The molecule has 1 N–H and O–H groups in total. The van der Waals surface area contributed by atoms with Crippen LogP contribution in [0, 0.1) is 0 Å². The molecule has 2 aromatic carbocycles. The van der Waals surface area contributed by atoms with E-state index in [1.54, 1.807) is 4.68 Å². The van der Waals surface area contributed by atoms with E-state index < -0.39 is 0 Å². The number of quaternary nitrogens is 1. The van der Waals surface area contributed by atoms with Gasteiger partial charge in [0.25, 0.3) is 0 Å². The largest absolute Gasteiger partial charge is 0.327 e. The first-order valence-corrected chi connectivity index (χ1v) is 7.85. The third-order valence-electron chi connectivity index (χ3n) is 3.53. The second-order valence-corrected chi connectivity index (χ2v) is 6.26. The van der Waals surface area contributed by atoms with Crippen molar-refractivity contribution in [3.8, 4) is 5.69 Å². The fourth-order valence-electron chi connectivity index (χ4n) is 2.53. The van der Waals surface area contributed by atoms with Crippen LogP contribution in [0.5, 0.6) is 0 Å². The number of aromatic nitrogens is 4. The lowest BCUT2D eigenvalue weighted by Gasteiger charge is -2.20. The molecule has 0 bridgehead atoms. The molecule has 0 amide bonds. The van der Waals surface area contributed by atoms with Gasteiger partial charge in [0.05, 0.1) is 19.8 Å². The molecule has 22 heavy (non-hydrogen) atoms. The minimum atomic E-state index is 0.0693. The summed E-state index contributed by atoms with van der Waals surface area (Å²) < 4.78 is 2.83. The molecule has 0 saturated heterocycles. The Labute approximate surface area is 137 Å². The van der Waals surface area contributed by atoms with Crippen molar-refractivity contribution in [3.05, 3.63) is 70.5 Å². The molecule has 5 nitrogen and oxygen atoms in total. The van der Waals surface area contributed by atoms with E-state index in [1.807, 2.05) is 42.5 Å². The average molecular weight is 359 g/mol. The number of tetrazole rings is 1. The second-order valence-electron chi connectivity index (χ2n) is 5.35. The zero-order chi connectivity index (χ0) is 15.5. The summed E-state index contributed by atoms with van der Waals surface area (Å²) in [6.07, 6.45) is 0. The van der Waals surface area contributed by atoms with Gasteiger partial charge in [-0.05, 0) is 34.7 Å². The molecule has 0 aliphatic heterocycles. The van der Waals surface area contributed by atoms with Crippen LogP contribution in [-0.4, -0.2) is 34.3 Å². The summed E-state index contributed by atoms with van der Waals surface area (Å²) in [4.78, 5) is 1.25. The quantitative estimate of drug-likeness (QED) is 0.771. The van der Waals surface area contributed by atoms with Crippen molar-refractivity contribution in [2.45, 2.75) is 6.04 Å². The van der Waals surface area contributed by atoms with Crippen LogP contribution in [0.4, 0.5) is 0 Å². The van der Waals surface area contributed by atoms with Crippen LogP contribution in [0.1, 0.15) is 17.4 Å². The highest BCUT2D eigenvalue weighted by Gasteiger charge is 2.27. The topological polar surface area (TPSA) is 48.0 Å². The molecule has 0 fully saturated rings. The van der Waals surface area contributed by atoms with Gasteiger partial charge in [0.2, 0.25) is 5.82 Å². The average Bonchev–Trinajstić information content (AvgIpc) is 2.98. The third kappa shape index (κ3) is 2.93. The molecule has 0 saturated carbocycles. The molecule has 0 radical (unpaired) electrons. The zero-order valence-electron chi connectivity index (χ0n) is 12.4. The van der Waals surface area contributed by atoms with Gasteiger partial charge < -0.3 is 4.90 Å². The summed E-state index contributed by atoms with van der Waals surface area (Å²) in [6, 6.07) is 18.4. The lowest BCUT2D eigenvalue weighted by molar-refractivity contribution is -0.886. The Morgan fingerprint density at radius 3 is 2.32 bits per heavy atom. The molecule has 0 aliphatic carbocycles. The van der Waals surface area contributed by atoms with Crippen LogP contribution in [0.25, 0.3) is 5.69 Å². The van der Waals surface area contributed by atoms with E-state index >= 15 is 0 Å². The van der Waals surface area contributed by atoms with E-state index in [9.17, 15) is 0 Å². The molecule has 0 unspecified atom stereocenters. The van der Waals surface area contributed by atoms with Gasteiger partial charge in [-0.2, -0.15) is 4.68 Å². The van der Waals surface area contributed by atoms with E-state index in [-0.39, 0.29) is 6.04 Å². The molecule has 3 rings (SSSR count). The lowest BCUT2D eigenvalue weighted by Crippen LogP contribution is -3.06. The summed E-state index contributed by atoms with van der Waals surface area (Å²) in [5, 5.41) is 12.3. The number of hydrogen-bond donors (Lipinski definition) is 1. The van der Waals surface area contributed by atoms with Crippen LogP contribution < -0.4 is 4.90 Å².